The molecule has 1 amide bonds. The summed E-state index contributed by atoms with van der Waals surface area (Å²) in [5, 5.41) is 6.81. The molecule has 3 rings (SSSR count). The normalized spacial score (nSPS) is 15.6. The van der Waals surface area contributed by atoms with Crippen molar-refractivity contribution in [2.24, 2.45) is 0 Å². The smallest absolute Gasteiger partial charge is 0.359 e. The maximum absolute atomic E-state index is 12.8. The zero-order valence-electron chi connectivity index (χ0n) is 15.0. The van der Waals surface area contributed by atoms with Crippen LogP contribution in [0.25, 0.3) is 0 Å². The third kappa shape index (κ3) is 5.22. The molecule has 1 fully saturated rings. The third-order valence-electron chi connectivity index (χ3n) is 4.64. The van der Waals surface area contributed by atoms with E-state index in [0.29, 0.717) is 22.2 Å². The van der Waals surface area contributed by atoms with Gasteiger partial charge in [0.05, 0.1) is 11.3 Å². The van der Waals surface area contributed by atoms with Crippen LogP contribution >= 0.6 is 11.3 Å². The van der Waals surface area contributed by atoms with Crippen molar-refractivity contribution < 1.29 is 18.0 Å². The molecule has 0 unspecified atom stereocenters. The number of aryl methyl sites for hydroxylation is 1. The van der Waals surface area contributed by atoms with E-state index in [9.17, 15) is 18.0 Å². The molecule has 0 bridgehead atoms. The highest BCUT2D eigenvalue weighted by Gasteiger charge is 2.30. The zero-order chi connectivity index (χ0) is 19.4. The van der Waals surface area contributed by atoms with Crippen molar-refractivity contribution in [1.29, 1.82) is 0 Å². The van der Waals surface area contributed by atoms with Crippen LogP contribution < -0.4 is 10.6 Å². The predicted octanol–water partition coefficient (Wildman–Crippen LogP) is 5.14. The van der Waals surface area contributed by atoms with Gasteiger partial charge in [-0.1, -0.05) is 42.7 Å². The lowest BCUT2D eigenvalue weighted by molar-refractivity contribution is -0.137. The van der Waals surface area contributed by atoms with Crippen LogP contribution in [0.3, 0.4) is 0 Å². The van der Waals surface area contributed by atoms with Crippen molar-refractivity contribution in [3.05, 3.63) is 46.0 Å². The van der Waals surface area contributed by atoms with Gasteiger partial charge in [-0.25, -0.2) is 4.98 Å². The summed E-state index contributed by atoms with van der Waals surface area (Å²) in [6.45, 7) is 1.80. The van der Waals surface area contributed by atoms with Crippen LogP contribution in [0.2, 0.25) is 0 Å². The maximum atomic E-state index is 12.8. The minimum absolute atomic E-state index is 0.0332. The minimum Gasteiger partial charge on any atom is -0.359 e. The van der Waals surface area contributed by atoms with Gasteiger partial charge in [0, 0.05) is 12.6 Å². The fourth-order valence-corrected chi connectivity index (χ4v) is 4.17. The van der Waals surface area contributed by atoms with Crippen molar-refractivity contribution in [1.82, 2.24) is 10.3 Å². The lowest BCUT2D eigenvalue weighted by Gasteiger charge is -2.22. The number of alkyl halides is 3. The van der Waals surface area contributed by atoms with E-state index in [-0.39, 0.29) is 12.5 Å². The molecule has 27 heavy (non-hydrogen) atoms. The summed E-state index contributed by atoms with van der Waals surface area (Å²) in [4.78, 5) is 17.3. The molecule has 1 aromatic heterocycles. The first-order valence-electron chi connectivity index (χ1n) is 9.01. The van der Waals surface area contributed by atoms with E-state index in [2.05, 4.69) is 15.6 Å². The summed E-state index contributed by atoms with van der Waals surface area (Å²) >= 11 is 1.29. The van der Waals surface area contributed by atoms with Crippen LogP contribution in [-0.2, 0) is 12.7 Å². The van der Waals surface area contributed by atoms with Gasteiger partial charge in [-0.2, -0.15) is 13.2 Å². The van der Waals surface area contributed by atoms with Crippen molar-refractivity contribution in [2.75, 3.05) is 5.32 Å². The van der Waals surface area contributed by atoms with Gasteiger partial charge in [-0.3, -0.25) is 4.79 Å². The van der Waals surface area contributed by atoms with E-state index in [1.54, 1.807) is 13.0 Å². The van der Waals surface area contributed by atoms with Gasteiger partial charge in [0.15, 0.2) is 5.13 Å². The number of nitrogens with zero attached hydrogens (tertiary/aromatic N) is 1. The number of hydrogen-bond acceptors (Lipinski definition) is 4. The van der Waals surface area contributed by atoms with E-state index in [1.807, 2.05) is 0 Å². The molecule has 1 saturated carbocycles. The van der Waals surface area contributed by atoms with E-state index in [0.717, 1.165) is 30.1 Å². The van der Waals surface area contributed by atoms with Gasteiger partial charge < -0.3 is 10.6 Å². The molecule has 8 heteroatoms. The van der Waals surface area contributed by atoms with Crippen molar-refractivity contribution in [3.63, 3.8) is 0 Å². The standard InChI is InChI=1S/C19H22F3N3OS/c1-12-16(27-18(24-12)25-15-8-3-2-4-9-15)17(26)23-11-13-6-5-7-14(10-13)19(20,21)22/h5-7,10,15H,2-4,8-9,11H2,1H3,(H,23,26)(H,24,25). The molecule has 2 aromatic rings. The Morgan fingerprint density at radius 1 is 1.26 bits per heavy atom. The molecule has 1 aliphatic rings. The summed E-state index contributed by atoms with van der Waals surface area (Å²) in [6, 6.07) is 5.36. The Bertz CT molecular complexity index is 798. The van der Waals surface area contributed by atoms with Gasteiger partial charge in [0.25, 0.3) is 5.91 Å². The van der Waals surface area contributed by atoms with Crippen molar-refractivity contribution in [2.45, 2.75) is 57.8 Å². The second kappa shape index (κ2) is 8.29. The maximum Gasteiger partial charge on any atom is 0.416 e. The average molecular weight is 397 g/mol. The highest BCUT2D eigenvalue weighted by molar-refractivity contribution is 7.17. The van der Waals surface area contributed by atoms with Crippen LogP contribution in [0.1, 0.15) is 58.6 Å². The number of rotatable bonds is 5. The average Bonchev–Trinajstić information content (AvgIpc) is 3.00. The van der Waals surface area contributed by atoms with Crippen LogP contribution in [0.4, 0.5) is 18.3 Å². The largest absolute Gasteiger partial charge is 0.416 e. The quantitative estimate of drug-likeness (QED) is 0.734. The monoisotopic (exact) mass is 397 g/mol. The Labute approximate surface area is 160 Å². The molecule has 0 spiro atoms. The summed E-state index contributed by atoms with van der Waals surface area (Å²) in [7, 11) is 0. The molecule has 146 valence electrons. The number of benzene rings is 1. The number of anilines is 1. The highest BCUT2D eigenvalue weighted by atomic mass is 32.1. The van der Waals surface area contributed by atoms with Gasteiger partial charge in [0.2, 0.25) is 0 Å². The first-order chi connectivity index (χ1) is 12.8. The fraction of sp³-hybridized carbons (Fsp3) is 0.474. The minimum atomic E-state index is -4.39. The Balaban J connectivity index is 1.61. The van der Waals surface area contributed by atoms with Gasteiger partial charge >= 0.3 is 6.18 Å². The first kappa shape index (κ1) is 19.7. The molecule has 2 N–H and O–H groups in total. The SMILES string of the molecule is Cc1nc(NC2CCCCC2)sc1C(=O)NCc1cccc(C(F)(F)F)c1. The first-order valence-corrected chi connectivity index (χ1v) is 9.83. The number of carbonyl (C=O) groups excluding carboxylic acids is 1. The summed E-state index contributed by atoms with van der Waals surface area (Å²) in [5.41, 5.74) is 0.308. The second-order valence-corrected chi connectivity index (χ2v) is 7.79. The number of halogens is 3. The second-order valence-electron chi connectivity index (χ2n) is 6.79. The van der Waals surface area contributed by atoms with E-state index < -0.39 is 11.7 Å². The number of carbonyl (C=O) groups is 1. The predicted molar refractivity (Wildman–Crippen MR) is 100.0 cm³/mol. The molecule has 1 aliphatic carbocycles. The molecule has 4 nitrogen and oxygen atoms in total. The molecule has 1 aromatic carbocycles. The molecule has 0 radical (unpaired) electrons. The summed E-state index contributed by atoms with van der Waals surface area (Å²) in [6.07, 6.45) is 1.48. The molecular weight excluding hydrogens is 375 g/mol. The summed E-state index contributed by atoms with van der Waals surface area (Å²) < 4.78 is 38.3. The molecule has 1 heterocycles. The Morgan fingerprint density at radius 2 is 2.00 bits per heavy atom. The van der Waals surface area contributed by atoms with Gasteiger partial charge in [-0.15, -0.1) is 0 Å². The molecule has 0 atom stereocenters. The molecule has 0 saturated heterocycles. The number of nitrogens with one attached hydrogen (secondary N) is 2. The van der Waals surface area contributed by atoms with Crippen molar-refractivity contribution >= 4 is 22.4 Å². The topological polar surface area (TPSA) is 54.0 Å². The van der Waals surface area contributed by atoms with E-state index in [4.69, 9.17) is 0 Å². The number of thiazole rings is 1. The Hall–Kier alpha value is -2.09. The molecular formula is C19H22F3N3OS. The van der Waals surface area contributed by atoms with E-state index in [1.165, 1.54) is 36.7 Å². The lowest BCUT2D eigenvalue weighted by atomic mass is 9.96. The number of aromatic nitrogens is 1. The zero-order valence-corrected chi connectivity index (χ0v) is 15.8. The van der Waals surface area contributed by atoms with Crippen LogP contribution in [0.15, 0.2) is 24.3 Å². The van der Waals surface area contributed by atoms with Crippen LogP contribution in [0.5, 0.6) is 0 Å². The molecule has 0 aliphatic heterocycles. The van der Waals surface area contributed by atoms with Crippen LogP contribution in [-0.4, -0.2) is 16.9 Å². The lowest BCUT2D eigenvalue weighted by Crippen LogP contribution is -2.23. The number of amides is 1. The van der Waals surface area contributed by atoms with Gasteiger partial charge in [-0.05, 0) is 37.5 Å². The highest BCUT2D eigenvalue weighted by Crippen LogP contribution is 2.30. The van der Waals surface area contributed by atoms with E-state index >= 15 is 0 Å². The summed E-state index contributed by atoms with van der Waals surface area (Å²) in [5.74, 6) is -0.320. The Kier molecular flexibility index (Phi) is 6.04. The van der Waals surface area contributed by atoms with Crippen molar-refractivity contribution in [3.8, 4) is 0 Å². The fourth-order valence-electron chi connectivity index (χ4n) is 3.21. The Morgan fingerprint density at radius 3 is 2.70 bits per heavy atom. The number of hydrogen-bond donors (Lipinski definition) is 2. The van der Waals surface area contributed by atoms with Gasteiger partial charge in [0.1, 0.15) is 4.88 Å². The third-order valence-corrected chi connectivity index (χ3v) is 5.73. The van der Waals surface area contributed by atoms with Crippen LogP contribution in [0, 0.1) is 6.92 Å².